The zero-order valence-corrected chi connectivity index (χ0v) is 36.5. The molecule has 292 valence electrons. The lowest BCUT2D eigenvalue weighted by molar-refractivity contribution is 0.176. The summed E-state index contributed by atoms with van der Waals surface area (Å²) in [4.78, 5) is 9.39. The van der Waals surface area contributed by atoms with E-state index in [1.807, 2.05) is 58.9 Å². The van der Waals surface area contributed by atoms with E-state index in [9.17, 15) is 4.57 Å². The highest BCUT2D eigenvalue weighted by atomic mass is 79.9. The summed E-state index contributed by atoms with van der Waals surface area (Å²) in [7, 11) is -4.13. The third kappa shape index (κ3) is 14.0. The van der Waals surface area contributed by atoms with Crippen molar-refractivity contribution in [3.05, 3.63) is 107 Å². The molecule has 8 nitrogen and oxygen atoms in total. The number of fused-ring (bicyclic) bond motifs is 2. The second-order valence-corrected chi connectivity index (χ2v) is 17.5. The Morgan fingerprint density at radius 2 is 1.02 bits per heavy atom. The Kier molecular flexibility index (Phi) is 20.1. The Balaban J connectivity index is 0.000000237. The van der Waals surface area contributed by atoms with Gasteiger partial charge in [0.25, 0.3) is 0 Å². The largest absolute Gasteiger partial charge is 0.335 e. The smallest absolute Gasteiger partial charge is 0.313 e. The molecule has 0 saturated heterocycles. The van der Waals surface area contributed by atoms with Crippen LogP contribution in [0.4, 0.5) is 0 Å². The summed E-state index contributed by atoms with van der Waals surface area (Å²) in [5.41, 5.74) is 9.11. The Morgan fingerprint density at radius 1 is 0.611 bits per heavy atom. The molecule has 6 rings (SSSR count). The second kappa shape index (κ2) is 23.6. The maximum Gasteiger partial charge on any atom is 0.335 e. The van der Waals surface area contributed by atoms with E-state index in [1.165, 1.54) is 31.7 Å². The van der Waals surface area contributed by atoms with Crippen LogP contribution in [0.5, 0.6) is 0 Å². The zero-order chi connectivity index (χ0) is 38.2. The molecule has 2 aromatic heterocycles. The van der Waals surface area contributed by atoms with Crippen LogP contribution in [-0.2, 0) is 38.7 Å². The highest BCUT2D eigenvalue weighted by Crippen LogP contribution is 2.51. The predicted octanol–water partition coefficient (Wildman–Crippen LogP) is 14.2. The van der Waals surface area contributed by atoms with Gasteiger partial charge in [0, 0.05) is 16.5 Å². The lowest BCUT2D eigenvalue weighted by Gasteiger charge is -2.17. The molecule has 0 fully saturated rings. The molecule has 0 aliphatic heterocycles. The lowest BCUT2D eigenvalue weighted by Crippen LogP contribution is -1.99. The predicted molar refractivity (Wildman–Crippen MR) is 235 cm³/mol. The van der Waals surface area contributed by atoms with Crippen LogP contribution >= 0.6 is 54.8 Å². The fourth-order valence-corrected chi connectivity index (χ4v) is 10.0. The fraction of sp³-hybridized carbons (Fsp3) is 0.366. The topological polar surface area (TPSA) is 89.0 Å². The van der Waals surface area contributed by atoms with Crippen LogP contribution in [0.3, 0.4) is 0 Å². The van der Waals surface area contributed by atoms with Crippen molar-refractivity contribution in [3.8, 4) is 21.1 Å². The summed E-state index contributed by atoms with van der Waals surface area (Å²) in [5, 5.41) is 2.98. The van der Waals surface area contributed by atoms with Gasteiger partial charge in [0.1, 0.15) is 10.0 Å². The minimum absolute atomic E-state index is 0. The van der Waals surface area contributed by atoms with Crippen molar-refractivity contribution < 1.29 is 27.2 Å². The van der Waals surface area contributed by atoms with Crippen LogP contribution in [-0.4, -0.2) is 43.0 Å². The average Bonchev–Trinajstić information content (AvgIpc) is 3.77. The molecular weight excluding hydrogens is 822 g/mol. The average molecular weight is 876 g/mol. The van der Waals surface area contributed by atoms with E-state index in [4.69, 9.17) is 27.6 Å². The molecule has 6 aromatic rings. The third-order valence-electron chi connectivity index (χ3n) is 7.38. The van der Waals surface area contributed by atoms with Gasteiger partial charge in [0.2, 0.25) is 0 Å². The Labute approximate surface area is 339 Å². The molecule has 0 aliphatic carbocycles. The van der Waals surface area contributed by atoms with E-state index in [0.717, 1.165) is 37.5 Å². The molecular formula is C41H53BrN2O6P2S2. The first-order chi connectivity index (χ1) is 25.6. The number of nitrogens with zero attached hydrogens (tertiary/aromatic N) is 2. The molecule has 0 saturated carbocycles. The molecule has 13 heteroatoms. The van der Waals surface area contributed by atoms with Crippen LogP contribution in [0.1, 0.15) is 64.3 Å². The Morgan fingerprint density at radius 3 is 1.39 bits per heavy atom. The standard InChI is InChI=1S/C19H22NO3PS.C15H12BrNS.C6H15O3P.CH4/c1-4-22-24(21,23-5-2)13-15-7-9-16(10-8-15)19-20-17-11-6-14(3)12-18(17)25-19;1-10-2-7-13-14(8-10)18-15(17-13)12-5-3-11(9-16)4-6-12;1-4-7-10(8-5-2)9-6-3;/h6-12H,4-5,13H2,1-3H3;2-8H,9H2,1H3;4-6H2,1-3H3;1H4. The first kappa shape index (κ1) is 46.0. The maximum absolute atomic E-state index is 12.6. The van der Waals surface area contributed by atoms with Gasteiger partial charge in [-0.25, -0.2) is 9.97 Å². The van der Waals surface area contributed by atoms with E-state index in [0.29, 0.717) is 33.0 Å². The Hall–Kier alpha value is -2.40. The van der Waals surface area contributed by atoms with Crippen LogP contribution in [0.2, 0.25) is 0 Å². The summed E-state index contributed by atoms with van der Waals surface area (Å²) in [6.45, 7) is 16.3. The summed E-state index contributed by atoms with van der Waals surface area (Å²) in [6.07, 6.45) is 0.286. The van der Waals surface area contributed by atoms with Crippen molar-refractivity contribution in [1.29, 1.82) is 0 Å². The quantitative estimate of drug-likeness (QED) is 0.0744. The zero-order valence-electron chi connectivity index (χ0n) is 31.5. The van der Waals surface area contributed by atoms with Gasteiger partial charge in [-0.3, -0.25) is 4.57 Å². The van der Waals surface area contributed by atoms with E-state index in [-0.39, 0.29) is 13.6 Å². The van der Waals surface area contributed by atoms with Gasteiger partial charge in [0.15, 0.2) is 0 Å². The van der Waals surface area contributed by atoms with Gasteiger partial charge in [-0.15, -0.1) is 22.7 Å². The molecule has 0 spiro atoms. The molecule has 0 bridgehead atoms. The van der Waals surface area contributed by atoms with Crippen LogP contribution in [0.25, 0.3) is 41.6 Å². The number of hydrogen-bond donors (Lipinski definition) is 0. The fourth-order valence-electron chi connectivity index (χ4n) is 4.97. The van der Waals surface area contributed by atoms with E-state index >= 15 is 0 Å². The van der Waals surface area contributed by atoms with Gasteiger partial charge >= 0.3 is 16.2 Å². The summed E-state index contributed by atoms with van der Waals surface area (Å²) >= 11 is 6.90. The van der Waals surface area contributed by atoms with Gasteiger partial charge in [-0.1, -0.05) is 84.0 Å². The lowest BCUT2D eigenvalue weighted by atomic mass is 10.1. The van der Waals surface area contributed by atoms with Crippen molar-refractivity contribution in [2.75, 3.05) is 33.0 Å². The molecule has 0 aliphatic rings. The van der Waals surface area contributed by atoms with Gasteiger partial charge in [0.05, 0.1) is 59.6 Å². The Bertz CT molecular complexity index is 2020. The van der Waals surface area contributed by atoms with Crippen molar-refractivity contribution >= 4 is 75.2 Å². The van der Waals surface area contributed by atoms with E-state index in [1.54, 1.807) is 22.7 Å². The van der Waals surface area contributed by atoms with Crippen molar-refractivity contribution in [2.45, 2.75) is 67.4 Å². The van der Waals surface area contributed by atoms with Crippen molar-refractivity contribution in [2.24, 2.45) is 0 Å². The summed E-state index contributed by atoms with van der Waals surface area (Å²) < 4.78 is 41.2. The SMILES string of the molecule is C.CCOP(=O)(Cc1ccc(-c2nc3ccc(C)cc3s2)cc1)OCC.CCOP(OCC)OCC.Cc1ccc2nc(-c3ccc(CBr)cc3)sc2c1. The second-order valence-electron chi connectivity index (χ2n) is 11.6. The minimum Gasteiger partial charge on any atom is -0.313 e. The molecule has 0 amide bonds. The molecule has 0 atom stereocenters. The minimum atomic E-state index is -3.07. The molecule has 0 unspecified atom stereocenters. The van der Waals surface area contributed by atoms with E-state index < -0.39 is 16.2 Å². The van der Waals surface area contributed by atoms with Gasteiger partial charge in [-0.2, -0.15) is 0 Å². The molecule has 0 radical (unpaired) electrons. The monoisotopic (exact) mass is 874 g/mol. The number of hydrogen-bond acceptors (Lipinski definition) is 10. The van der Waals surface area contributed by atoms with E-state index in [2.05, 4.69) is 95.4 Å². The molecule has 4 aromatic carbocycles. The highest BCUT2D eigenvalue weighted by molar-refractivity contribution is 9.08. The normalized spacial score (nSPS) is 11.2. The highest BCUT2D eigenvalue weighted by Gasteiger charge is 2.24. The number of halogens is 1. The molecule has 2 heterocycles. The first-order valence-electron chi connectivity index (χ1n) is 17.7. The number of rotatable bonds is 15. The van der Waals surface area contributed by atoms with Crippen LogP contribution in [0.15, 0.2) is 84.9 Å². The van der Waals surface area contributed by atoms with Gasteiger partial charge < -0.3 is 22.6 Å². The summed E-state index contributed by atoms with van der Waals surface area (Å²) in [5.74, 6) is 0. The molecule has 54 heavy (non-hydrogen) atoms. The summed E-state index contributed by atoms with van der Waals surface area (Å²) in [6, 6.07) is 29.2. The number of benzene rings is 4. The van der Waals surface area contributed by atoms with Crippen molar-refractivity contribution in [3.63, 3.8) is 0 Å². The van der Waals surface area contributed by atoms with Crippen molar-refractivity contribution in [1.82, 2.24) is 9.97 Å². The maximum atomic E-state index is 12.6. The molecule has 0 N–H and O–H groups in total. The number of aromatic nitrogens is 2. The first-order valence-corrected chi connectivity index (χ1v) is 23.3. The van der Waals surface area contributed by atoms with Gasteiger partial charge in [-0.05, 0) is 95.0 Å². The number of aryl methyl sites for hydroxylation is 2. The van der Waals surface area contributed by atoms with Crippen LogP contribution in [0, 0.1) is 13.8 Å². The number of alkyl halides is 1. The van der Waals surface area contributed by atoms with Crippen LogP contribution < -0.4 is 0 Å². The number of thiazole rings is 2. The third-order valence-corrected chi connectivity index (χ3v) is 13.6.